The highest BCUT2D eigenvalue weighted by molar-refractivity contribution is 14.1. The molecule has 0 spiro atoms. The van der Waals surface area contributed by atoms with Crippen LogP contribution in [-0.4, -0.2) is 64.1 Å². The Morgan fingerprint density at radius 1 is 1.12 bits per heavy atom. The fraction of sp³-hybridized carbons (Fsp3) is 0.438. The lowest BCUT2D eigenvalue weighted by atomic mass is 9.85. The van der Waals surface area contributed by atoms with Crippen molar-refractivity contribution in [2.45, 2.75) is 71.7 Å². The first-order valence-electron chi connectivity index (χ1n) is 14.3. The third-order valence-corrected chi connectivity index (χ3v) is 9.17. The number of aliphatic hydroxyl groups excluding tert-OH is 1. The number of aromatic nitrogens is 1. The lowest BCUT2D eigenvalue weighted by Gasteiger charge is -2.35. The SMILES string of the molecule is Cc1ncsc1-c1ccc([C@H](C)NC(=O)[C@@H]2C[C@@H](O)CN2C(=O)C(NC(=O)CCOc2ccc(I)cc2)C(C)(C)C)cc1. The smallest absolute Gasteiger partial charge is 0.246 e. The van der Waals surface area contributed by atoms with Gasteiger partial charge < -0.3 is 25.4 Å². The summed E-state index contributed by atoms with van der Waals surface area (Å²) >= 11 is 3.79. The standard InChI is InChI=1S/C32H39IN4O5S/c1-19(21-6-8-22(9-7-21)28-20(2)34-18-43-28)35-30(40)26-16-24(38)17-37(26)31(41)29(32(3,4)5)36-27(39)14-15-42-25-12-10-23(33)11-13-25/h6-13,18-19,24,26,29,38H,14-17H2,1-5H3,(H,35,40)(H,36,39)/t19-,24+,26-,29?/m0/s1. The van der Waals surface area contributed by atoms with Gasteiger partial charge in [0, 0.05) is 16.5 Å². The lowest BCUT2D eigenvalue weighted by Crippen LogP contribution is -2.58. The number of ether oxygens (including phenoxy) is 1. The molecule has 2 aromatic carbocycles. The molecule has 0 aliphatic carbocycles. The van der Waals surface area contributed by atoms with E-state index in [2.05, 4.69) is 38.2 Å². The maximum atomic E-state index is 13.8. The number of aryl methyl sites for hydroxylation is 1. The number of amides is 3. The van der Waals surface area contributed by atoms with Crippen LogP contribution in [0.2, 0.25) is 0 Å². The Bertz CT molecular complexity index is 1420. The monoisotopic (exact) mass is 718 g/mol. The highest BCUT2D eigenvalue weighted by Crippen LogP contribution is 2.29. The molecule has 1 unspecified atom stereocenters. The zero-order chi connectivity index (χ0) is 31.3. The molecular formula is C32H39IN4O5S. The summed E-state index contributed by atoms with van der Waals surface area (Å²) < 4.78 is 6.76. The van der Waals surface area contributed by atoms with Gasteiger partial charge in [-0.15, -0.1) is 11.3 Å². The summed E-state index contributed by atoms with van der Waals surface area (Å²) in [5.41, 5.74) is 4.14. The van der Waals surface area contributed by atoms with Crippen LogP contribution in [0.1, 0.15) is 57.8 Å². The number of nitrogens with zero attached hydrogens (tertiary/aromatic N) is 2. The number of hydrogen-bond acceptors (Lipinski definition) is 7. The third kappa shape index (κ3) is 8.54. The molecule has 3 aromatic rings. The molecule has 0 bridgehead atoms. The van der Waals surface area contributed by atoms with E-state index in [1.165, 1.54) is 4.90 Å². The molecule has 1 aliphatic heterocycles. The Hall–Kier alpha value is -3.03. The summed E-state index contributed by atoms with van der Waals surface area (Å²) in [5.74, 6) is -0.403. The second-order valence-corrected chi connectivity index (χ2v) is 14.0. The zero-order valence-electron chi connectivity index (χ0n) is 25.1. The minimum Gasteiger partial charge on any atom is -0.493 e. The molecule has 1 fully saturated rings. The maximum absolute atomic E-state index is 13.8. The molecule has 1 aliphatic rings. The number of likely N-dealkylation sites (tertiary alicyclic amines) is 1. The first-order chi connectivity index (χ1) is 20.3. The van der Waals surface area contributed by atoms with Crippen LogP contribution in [0.4, 0.5) is 0 Å². The first kappa shape index (κ1) is 32.9. The summed E-state index contributed by atoms with van der Waals surface area (Å²) in [6.45, 7) is 9.62. The minimum absolute atomic E-state index is 0.0204. The number of carbonyl (C=O) groups excluding carboxylic acids is 3. The van der Waals surface area contributed by atoms with Gasteiger partial charge in [-0.2, -0.15) is 0 Å². The molecular weight excluding hydrogens is 679 g/mol. The Labute approximate surface area is 270 Å². The van der Waals surface area contributed by atoms with Crippen LogP contribution < -0.4 is 15.4 Å². The Kier molecular flexibility index (Phi) is 10.8. The van der Waals surface area contributed by atoms with E-state index >= 15 is 0 Å². The average Bonchev–Trinajstić information content (AvgIpc) is 3.57. The van der Waals surface area contributed by atoms with Crippen molar-refractivity contribution in [3.05, 3.63) is 68.9 Å². The number of halogens is 1. The van der Waals surface area contributed by atoms with E-state index in [1.807, 2.05) is 88.7 Å². The van der Waals surface area contributed by atoms with Gasteiger partial charge in [-0.1, -0.05) is 45.0 Å². The molecule has 2 heterocycles. The summed E-state index contributed by atoms with van der Waals surface area (Å²) in [4.78, 5) is 47.0. The van der Waals surface area contributed by atoms with Gasteiger partial charge in [0.1, 0.15) is 17.8 Å². The van der Waals surface area contributed by atoms with Gasteiger partial charge in [0.05, 0.1) is 41.3 Å². The summed E-state index contributed by atoms with van der Waals surface area (Å²) in [7, 11) is 0. The van der Waals surface area contributed by atoms with Crippen molar-refractivity contribution in [1.82, 2.24) is 20.5 Å². The van der Waals surface area contributed by atoms with Crippen LogP contribution in [0.5, 0.6) is 5.75 Å². The van der Waals surface area contributed by atoms with Gasteiger partial charge in [0.25, 0.3) is 0 Å². The molecule has 43 heavy (non-hydrogen) atoms. The molecule has 3 amide bonds. The fourth-order valence-corrected chi connectivity index (χ4v) is 6.21. The van der Waals surface area contributed by atoms with Crippen LogP contribution in [0.15, 0.2) is 54.0 Å². The van der Waals surface area contributed by atoms with Gasteiger partial charge >= 0.3 is 0 Å². The highest BCUT2D eigenvalue weighted by Gasteiger charge is 2.44. The fourth-order valence-electron chi connectivity index (χ4n) is 5.04. The van der Waals surface area contributed by atoms with Crippen molar-refractivity contribution >= 4 is 51.6 Å². The van der Waals surface area contributed by atoms with Gasteiger partial charge in [0.15, 0.2) is 0 Å². The quantitative estimate of drug-likeness (QED) is 0.258. The van der Waals surface area contributed by atoms with Crippen molar-refractivity contribution in [3.8, 4) is 16.2 Å². The van der Waals surface area contributed by atoms with Crippen LogP contribution in [-0.2, 0) is 14.4 Å². The zero-order valence-corrected chi connectivity index (χ0v) is 28.1. The van der Waals surface area contributed by atoms with Crippen LogP contribution in [0.3, 0.4) is 0 Å². The van der Waals surface area contributed by atoms with E-state index in [1.54, 1.807) is 11.3 Å². The molecule has 3 N–H and O–H groups in total. The highest BCUT2D eigenvalue weighted by atomic mass is 127. The molecule has 11 heteroatoms. The Balaban J connectivity index is 1.38. The minimum atomic E-state index is -0.890. The van der Waals surface area contributed by atoms with Crippen molar-refractivity contribution in [2.24, 2.45) is 5.41 Å². The number of nitrogens with one attached hydrogen (secondary N) is 2. The summed E-state index contributed by atoms with van der Waals surface area (Å²) in [6, 6.07) is 13.4. The number of carbonyl (C=O) groups is 3. The number of hydrogen-bond donors (Lipinski definition) is 3. The second-order valence-electron chi connectivity index (χ2n) is 11.9. The predicted octanol–water partition coefficient (Wildman–Crippen LogP) is 4.86. The molecule has 1 saturated heterocycles. The van der Waals surface area contributed by atoms with E-state index in [0.717, 1.165) is 25.3 Å². The van der Waals surface area contributed by atoms with E-state index < -0.39 is 29.5 Å². The molecule has 9 nitrogen and oxygen atoms in total. The van der Waals surface area contributed by atoms with Crippen LogP contribution in [0.25, 0.3) is 10.4 Å². The number of thiazole rings is 1. The third-order valence-electron chi connectivity index (χ3n) is 7.47. The van der Waals surface area contributed by atoms with Crippen LogP contribution >= 0.6 is 33.9 Å². The molecule has 0 radical (unpaired) electrons. The maximum Gasteiger partial charge on any atom is 0.246 e. The average molecular weight is 719 g/mol. The molecule has 230 valence electrons. The largest absolute Gasteiger partial charge is 0.493 e. The molecule has 1 aromatic heterocycles. The van der Waals surface area contributed by atoms with E-state index in [4.69, 9.17) is 4.74 Å². The van der Waals surface area contributed by atoms with Crippen molar-refractivity contribution in [2.75, 3.05) is 13.2 Å². The summed E-state index contributed by atoms with van der Waals surface area (Å²) in [6.07, 6.45) is -0.643. The van der Waals surface area contributed by atoms with Gasteiger partial charge in [0.2, 0.25) is 17.7 Å². The van der Waals surface area contributed by atoms with E-state index in [-0.39, 0.29) is 43.8 Å². The lowest BCUT2D eigenvalue weighted by molar-refractivity contribution is -0.144. The number of β-amino-alcohol motifs (C(OH)–C–C–N with tert-alkyl or cyclic N) is 1. The van der Waals surface area contributed by atoms with Crippen molar-refractivity contribution in [3.63, 3.8) is 0 Å². The van der Waals surface area contributed by atoms with E-state index in [0.29, 0.717) is 5.75 Å². The van der Waals surface area contributed by atoms with Crippen molar-refractivity contribution < 1.29 is 24.2 Å². The topological polar surface area (TPSA) is 121 Å². The normalized spacial score (nSPS) is 18.2. The Morgan fingerprint density at radius 3 is 2.40 bits per heavy atom. The van der Waals surface area contributed by atoms with Gasteiger partial charge in [-0.3, -0.25) is 14.4 Å². The van der Waals surface area contributed by atoms with E-state index in [9.17, 15) is 19.5 Å². The van der Waals surface area contributed by atoms with Gasteiger partial charge in [-0.25, -0.2) is 4.98 Å². The van der Waals surface area contributed by atoms with Crippen LogP contribution in [0, 0.1) is 15.9 Å². The number of aliphatic hydroxyl groups is 1. The Morgan fingerprint density at radius 2 is 1.79 bits per heavy atom. The second kappa shape index (κ2) is 14.2. The molecule has 4 rings (SSSR count). The number of rotatable bonds is 10. The summed E-state index contributed by atoms with van der Waals surface area (Å²) in [5, 5.41) is 16.4. The predicted molar refractivity (Wildman–Crippen MR) is 176 cm³/mol. The first-order valence-corrected chi connectivity index (χ1v) is 16.3. The molecule has 4 atom stereocenters. The van der Waals surface area contributed by atoms with Crippen molar-refractivity contribution in [1.29, 1.82) is 0 Å². The van der Waals surface area contributed by atoms with Gasteiger partial charge in [-0.05, 0) is 77.2 Å². The number of benzene rings is 2. The molecule has 0 saturated carbocycles.